The highest BCUT2D eigenvalue weighted by Crippen LogP contribution is 2.24. The first-order valence-electron chi connectivity index (χ1n) is 7.77. The van der Waals surface area contributed by atoms with Crippen LogP contribution >= 0.6 is 0 Å². The molecule has 1 aromatic heterocycles. The third-order valence-electron chi connectivity index (χ3n) is 3.42. The van der Waals surface area contributed by atoms with Crippen LogP contribution in [-0.2, 0) is 11.2 Å². The summed E-state index contributed by atoms with van der Waals surface area (Å²) >= 11 is 0. The number of nitrogens with zero attached hydrogens (tertiary/aromatic N) is 1. The quantitative estimate of drug-likeness (QED) is 0.751. The standard InChI is InChI=1S/C17H20F2N2O2/c1-2-3-4-9-20-16(22)7-8-17-21-11-15(23-17)13-6-5-12(18)10-14(13)19/h5-6,10-11H,2-4,7-9H2,1H3,(H,20,22). The van der Waals surface area contributed by atoms with E-state index in [0.717, 1.165) is 31.4 Å². The van der Waals surface area contributed by atoms with Gasteiger partial charge in [-0.25, -0.2) is 13.8 Å². The van der Waals surface area contributed by atoms with Crippen LogP contribution in [0.1, 0.15) is 38.5 Å². The van der Waals surface area contributed by atoms with Crippen LogP contribution in [0.3, 0.4) is 0 Å². The van der Waals surface area contributed by atoms with Crippen molar-refractivity contribution in [2.45, 2.75) is 39.0 Å². The van der Waals surface area contributed by atoms with Gasteiger partial charge in [0.15, 0.2) is 11.7 Å². The molecule has 0 aliphatic rings. The van der Waals surface area contributed by atoms with Crippen LogP contribution in [0.15, 0.2) is 28.8 Å². The van der Waals surface area contributed by atoms with Gasteiger partial charge in [-0.1, -0.05) is 19.8 Å². The summed E-state index contributed by atoms with van der Waals surface area (Å²) < 4.78 is 32.0. The highest BCUT2D eigenvalue weighted by molar-refractivity contribution is 5.76. The van der Waals surface area contributed by atoms with Gasteiger partial charge in [0, 0.05) is 25.5 Å². The summed E-state index contributed by atoms with van der Waals surface area (Å²) in [5.74, 6) is -0.839. The van der Waals surface area contributed by atoms with Gasteiger partial charge in [0.2, 0.25) is 5.91 Å². The molecular formula is C17H20F2N2O2. The summed E-state index contributed by atoms with van der Waals surface area (Å²) in [6.45, 7) is 2.77. The Kier molecular flexibility index (Phi) is 6.26. The molecule has 4 nitrogen and oxygen atoms in total. The Hall–Kier alpha value is -2.24. The number of unbranched alkanes of at least 4 members (excludes halogenated alkanes) is 2. The van der Waals surface area contributed by atoms with Gasteiger partial charge in [-0.05, 0) is 18.6 Å². The van der Waals surface area contributed by atoms with Gasteiger partial charge < -0.3 is 9.73 Å². The Morgan fingerprint density at radius 2 is 2.13 bits per heavy atom. The van der Waals surface area contributed by atoms with Gasteiger partial charge in [-0.2, -0.15) is 0 Å². The normalized spacial score (nSPS) is 10.7. The second kappa shape index (κ2) is 8.41. The molecule has 23 heavy (non-hydrogen) atoms. The predicted octanol–water partition coefficient (Wildman–Crippen LogP) is 3.86. The minimum absolute atomic E-state index is 0.0613. The van der Waals surface area contributed by atoms with E-state index in [1.807, 2.05) is 0 Å². The highest BCUT2D eigenvalue weighted by atomic mass is 19.1. The Morgan fingerprint density at radius 1 is 1.30 bits per heavy atom. The van der Waals surface area contributed by atoms with Gasteiger partial charge in [0.25, 0.3) is 0 Å². The number of carbonyl (C=O) groups excluding carboxylic acids is 1. The van der Waals surface area contributed by atoms with Gasteiger partial charge in [-0.3, -0.25) is 4.79 Å². The lowest BCUT2D eigenvalue weighted by atomic mass is 10.2. The monoisotopic (exact) mass is 322 g/mol. The molecule has 0 atom stereocenters. The first kappa shape index (κ1) is 17.1. The van der Waals surface area contributed by atoms with Crippen molar-refractivity contribution < 1.29 is 18.0 Å². The molecule has 0 saturated carbocycles. The molecule has 2 rings (SSSR count). The van der Waals surface area contributed by atoms with E-state index >= 15 is 0 Å². The van der Waals surface area contributed by atoms with E-state index in [4.69, 9.17) is 4.42 Å². The fraction of sp³-hybridized carbons (Fsp3) is 0.412. The third kappa shape index (κ3) is 5.16. The van der Waals surface area contributed by atoms with Crippen LogP contribution in [0.25, 0.3) is 11.3 Å². The zero-order chi connectivity index (χ0) is 16.7. The number of rotatable bonds is 8. The summed E-state index contributed by atoms with van der Waals surface area (Å²) in [5, 5.41) is 2.83. The maximum absolute atomic E-state index is 13.7. The van der Waals surface area contributed by atoms with Crippen molar-refractivity contribution in [1.82, 2.24) is 10.3 Å². The number of carbonyl (C=O) groups is 1. The number of hydrogen-bond acceptors (Lipinski definition) is 3. The number of oxazole rings is 1. The van der Waals surface area contributed by atoms with E-state index in [1.54, 1.807) is 0 Å². The van der Waals surface area contributed by atoms with Crippen molar-refractivity contribution in [3.63, 3.8) is 0 Å². The maximum Gasteiger partial charge on any atom is 0.220 e. The van der Waals surface area contributed by atoms with E-state index in [2.05, 4.69) is 17.2 Å². The minimum atomic E-state index is -0.707. The fourth-order valence-corrected chi connectivity index (χ4v) is 2.15. The van der Waals surface area contributed by atoms with Crippen LogP contribution in [0.2, 0.25) is 0 Å². The molecular weight excluding hydrogens is 302 g/mol. The number of nitrogens with one attached hydrogen (secondary N) is 1. The average molecular weight is 322 g/mol. The smallest absolute Gasteiger partial charge is 0.220 e. The zero-order valence-electron chi connectivity index (χ0n) is 13.1. The Balaban J connectivity index is 1.86. The average Bonchev–Trinajstić information content (AvgIpc) is 2.98. The van der Waals surface area contributed by atoms with Crippen LogP contribution in [0.5, 0.6) is 0 Å². The van der Waals surface area contributed by atoms with Crippen molar-refractivity contribution in [3.05, 3.63) is 41.9 Å². The van der Waals surface area contributed by atoms with Crippen molar-refractivity contribution in [2.24, 2.45) is 0 Å². The number of aromatic nitrogens is 1. The molecule has 0 saturated heterocycles. The largest absolute Gasteiger partial charge is 0.441 e. The number of benzene rings is 1. The molecule has 1 N–H and O–H groups in total. The number of hydrogen-bond donors (Lipinski definition) is 1. The second-order valence-electron chi connectivity index (χ2n) is 5.30. The topological polar surface area (TPSA) is 55.1 Å². The van der Waals surface area contributed by atoms with E-state index < -0.39 is 11.6 Å². The fourth-order valence-electron chi connectivity index (χ4n) is 2.15. The molecule has 124 valence electrons. The van der Waals surface area contributed by atoms with E-state index in [1.165, 1.54) is 12.3 Å². The second-order valence-corrected chi connectivity index (χ2v) is 5.30. The molecule has 0 aliphatic heterocycles. The van der Waals surface area contributed by atoms with E-state index in [0.29, 0.717) is 18.9 Å². The van der Waals surface area contributed by atoms with Gasteiger partial charge in [0.1, 0.15) is 11.6 Å². The van der Waals surface area contributed by atoms with Crippen molar-refractivity contribution in [2.75, 3.05) is 6.54 Å². The lowest BCUT2D eigenvalue weighted by molar-refractivity contribution is -0.121. The molecule has 0 bridgehead atoms. The van der Waals surface area contributed by atoms with E-state index in [-0.39, 0.29) is 23.7 Å². The zero-order valence-corrected chi connectivity index (χ0v) is 13.1. The molecule has 6 heteroatoms. The number of aryl methyl sites for hydroxylation is 1. The lowest BCUT2D eigenvalue weighted by Crippen LogP contribution is -2.24. The van der Waals surface area contributed by atoms with Crippen molar-refractivity contribution in [1.29, 1.82) is 0 Å². The van der Waals surface area contributed by atoms with Crippen LogP contribution in [0.4, 0.5) is 8.78 Å². The van der Waals surface area contributed by atoms with Crippen molar-refractivity contribution in [3.8, 4) is 11.3 Å². The minimum Gasteiger partial charge on any atom is -0.441 e. The van der Waals surface area contributed by atoms with Gasteiger partial charge in [-0.15, -0.1) is 0 Å². The molecule has 2 aromatic rings. The molecule has 0 aliphatic carbocycles. The first-order valence-corrected chi connectivity index (χ1v) is 7.77. The van der Waals surface area contributed by atoms with Crippen LogP contribution < -0.4 is 5.32 Å². The summed E-state index contributed by atoms with van der Waals surface area (Å²) in [6.07, 6.45) is 5.14. The Bertz CT molecular complexity index is 656. The lowest BCUT2D eigenvalue weighted by Gasteiger charge is -2.03. The molecule has 1 aromatic carbocycles. The first-order chi connectivity index (χ1) is 11.1. The van der Waals surface area contributed by atoms with Crippen molar-refractivity contribution >= 4 is 5.91 Å². The van der Waals surface area contributed by atoms with Gasteiger partial charge in [0.05, 0.1) is 11.8 Å². The van der Waals surface area contributed by atoms with Crippen LogP contribution in [-0.4, -0.2) is 17.4 Å². The number of amides is 1. The Morgan fingerprint density at radius 3 is 2.87 bits per heavy atom. The summed E-state index contributed by atoms with van der Waals surface area (Å²) in [7, 11) is 0. The summed E-state index contributed by atoms with van der Waals surface area (Å²) in [5.41, 5.74) is 0.147. The summed E-state index contributed by atoms with van der Waals surface area (Å²) in [6, 6.07) is 3.25. The number of halogens is 2. The van der Waals surface area contributed by atoms with Gasteiger partial charge >= 0.3 is 0 Å². The molecule has 1 heterocycles. The molecule has 0 radical (unpaired) electrons. The SMILES string of the molecule is CCCCCNC(=O)CCc1ncc(-c2ccc(F)cc2F)o1. The Labute approximate surface area is 133 Å². The molecule has 0 unspecified atom stereocenters. The molecule has 0 fully saturated rings. The molecule has 0 spiro atoms. The third-order valence-corrected chi connectivity index (χ3v) is 3.42. The van der Waals surface area contributed by atoms with Crippen LogP contribution in [0, 0.1) is 11.6 Å². The predicted molar refractivity (Wildman–Crippen MR) is 82.7 cm³/mol. The van der Waals surface area contributed by atoms with E-state index in [9.17, 15) is 13.6 Å². The summed E-state index contributed by atoms with van der Waals surface area (Å²) in [4.78, 5) is 15.7. The molecule has 1 amide bonds. The highest BCUT2D eigenvalue weighted by Gasteiger charge is 2.12. The maximum atomic E-state index is 13.7.